The summed E-state index contributed by atoms with van der Waals surface area (Å²) < 4.78 is 20.4. The number of hydrogen-bond donors (Lipinski definition) is 1. The number of nitrogens with one attached hydrogen (secondary N) is 1. The van der Waals surface area contributed by atoms with Crippen LogP contribution in [0.2, 0.25) is 10.0 Å². The lowest BCUT2D eigenvalue weighted by atomic mass is 9.88. The number of hydrogen-bond acceptors (Lipinski definition) is 5. The molecule has 3 aromatic carbocycles. The summed E-state index contributed by atoms with van der Waals surface area (Å²) in [7, 11) is 0. The second-order valence-corrected chi connectivity index (χ2v) is 12.9. The van der Waals surface area contributed by atoms with Crippen LogP contribution >= 0.6 is 23.2 Å². The van der Waals surface area contributed by atoms with Crippen LogP contribution in [-0.4, -0.2) is 85.6 Å². The van der Waals surface area contributed by atoms with E-state index in [1.807, 2.05) is 60.4 Å². The maximum absolute atomic E-state index is 14.7. The topological polar surface area (TPSA) is 48.1 Å². The molecule has 2 aliphatic heterocycles. The zero-order valence-corrected chi connectivity index (χ0v) is 27.7. The molecule has 242 valence electrons. The number of carbonyl (C=O) groups is 1. The Morgan fingerprint density at radius 2 is 1.51 bits per heavy atom. The molecule has 0 saturated carbocycles. The molecule has 9 heteroatoms. The molecule has 2 heterocycles. The molecule has 45 heavy (non-hydrogen) atoms. The van der Waals surface area contributed by atoms with E-state index in [9.17, 15) is 9.18 Å². The average molecular weight is 656 g/mol. The molecule has 2 saturated heterocycles. The molecule has 0 spiro atoms. The lowest BCUT2D eigenvalue weighted by Crippen LogP contribution is -2.57. The third-order valence-electron chi connectivity index (χ3n) is 9.18. The Labute approximate surface area is 277 Å². The van der Waals surface area contributed by atoms with Crippen molar-refractivity contribution in [3.8, 4) is 5.75 Å². The van der Waals surface area contributed by atoms with Crippen molar-refractivity contribution in [2.24, 2.45) is 5.92 Å². The van der Waals surface area contributed by atoms with Gasteiger partial charge in [0.1, 0.15) is 11.6 Å². The predicted octanol–water partition coefficient (Wildman–Crippen LogP) is 6.33. The van der Waals surface area contributed by atoms with E-state index in [1.165, 1.54) is 11.6 Å². The van der Waals surface area contributed by atoms with Crippen LogP contribution in [0.3, 0.4) is 0 Å². The summed E-state index contributed by atoms with van der Waals surface area (Å²) >= 11 is 12.8. The Bertz CT molecular complexity index is 1390. The van der Waals surface area contributed by atoms with Crippen LogP contribution in [0.15, 0.2) is 66.7 Å². The number of nitrogens with zero attached hydrogens (tertiary/aromatic N) is 3. The third kappa shape index (κ3) is 9.20. The molecule has 6 nitrogen and oxygen atoms in total. The first-order valence-electron chi connectivity index (χ1n) is 16.3. The minimum atomic E-state index is -0.250. The van der Waals surface area contributed by atoms with Gasteiger partial charge in [0.2, 0.25) is 5.91 Å². The molecule has 1 amide bonds. The standard InChI is InChI=1S/C36H45Cl2FN4O2/c1-2-45-34-13-7-12-33(39)30(34)26-42-22-24-43(25-23-42)36(44)35(40-18-14-27-8-3-5-10-31(27)37)29-16-20-41(21-17-29)19-15-28-9-4-6-11-32(28)38/h3-13,29,35,40H,2,14-26H2,1H3. The first-order chi connectivity index (χ1) is 21.9. The molecule has 1 N–H and O–H groups in total. The Hall–Kier alpha value is -2.68. The molecule has 0 aromatic heterocycles. The van der Waals surface area contributed by atoms with Crippen molar-refractivity contribution in [1.82, 2.24) is 20.0 Å². The highest BCUT2D eigenvalue weighted by Crippen LogP contribution is 2.26. The van der Waals surface area contributed by atoms with Crippen LogP contribution in [0, 0.1) is 11.7 Å². The van der Waals surface area contributed by atoms with Gasteiger partial charge in [0.25, 0.3) is 0 Å². The van der Waals surface area contributed by atoms with Crippen LogP contribution in [0.4, 0.5) is 4.39 Å². The summed E-state index contributed by atoms with van der Waals surface area (Å²) in [4.78, 5) is 20.8. The lowest BCUT2D eigenvalue weighted by Gasteiger charge is -2.40. The number of halogens is 3. The van der Waals surface area contributed by atoms with Crippen LogP contribution in [0.25, 0.3) is 0 Å². The molecule has 0 radical (unpaired) electrons. The smallest absolute Gasteiger partial charge is 0.240 e. The second-order valence-electron chi connectivity index (χ2n) is 12.0. The van der Waals surface area contributed by atoms with Crippen molar-refractivity contribution in [3.63, 3.8) is 0 Å². The maximum Gasteiger partial charge on any atom is 0.240 e. The van der Waals surface area contributed by atoms with Gasteiger partial charge in [0, 0.05) is 54.9 Å². The lowest BCUT2D eigenvalue weighted by molar-refractivity contribution is -0.137. The van der Waals surface area contributed by atoms with Crippen LogP contribution in [0.1, 0.15) is 36.5 Å². The van der Waals surface area contributed by atoms with Gasteiger partial charge in [-0.1, -0.05) is 65.7 Å². The SMILES string of the molecule is CCOc1cccc(F)c1CN1CCN(C(=O)C(NCCc2ccccc2Cl)C2CCN(CCc3ccccc3Cl)CC2)CC1. The molecule has 2 fully saturated rings. The van der Waals surface area contributed by atoms with Crippen molar-refractivity contribution in [2.75, 3.05) is 59.0 Å². The van der Waals surface area contributed by atoms with Crippen LogP contribution in [0.5, 0.6) is 5.75 Å². The largest absolute Gasteiger partial charge is 0.493 e. The van der Waals surface area contributed by atoms with Gasteiger partial charge in [-0.05, 0) is 93.6 Å². The highest BCUT2D eigenvalue weighted by atomic mass is 35.5. The normalized spacial score (nSPS) is 17.4. The van der Waals surface area contributed by atoms with E-state index >= 15 is 0 Å². The van der Waals surface area contributed by atoms with Gasteiger partial charge in [0.05, 0.1) is 12.6 Å². The van der Waals surface area contributed by atoms with E-state index in [0.29, 0.717) is 57.2 Å². The highest BCUT2D eigenvalue weighted by Gasteiger charge is 2.35. The zero-order valence-electron chi connectivity index (χ0n) is 26.2. The highest BCUT2D eigenvalue weighted by molar-refractivity contribution is 6.31. The average Bonchev–Trinajstić information content (AvgIpc) is 3.06. The quantitative estimate of drug-likeness (QED) is 0.233. The van der Waals surface area contributed by atoms with Gasteiger partial charge in [-0.3, -0.25) is 9.69 Å². The third-order valence-corrected chi connectivity index (χ3v) is 9.92. The second kappa shape index (κ2) is 16.8. The monoisotopic (exact) mass is 654 g/mol. The number of piperidine rings is 1. The molecule has 0 aliphatic carbocycles. The Morgan fingerprint density at radius 3 is 2.16 bits per heavy atom. The minimum Gasteiger partial charge on any atom is -0.493 e. The zero-order chi connectivity index (χ0) is 31.6. The number of amides is 1. The summed E-state index contributed by atoms with van der Waals surface area (Å²) in [5.74, 6) is 0.771. The fraction of sp³-hybridized carbons (Fsp3) is 0.472. The van der Waals surface area contributed by atoms with E-state index in [1.54, 1.807) is 6.07 Å². The number of likely N-dealkylation sites (tertiary alicyclic amines) is 1. The van der Waals surface area contributed by atoms with Gasteiger partial charge in [-0.15, -0.1) is 0 Å². The predicted molar refractivity (Wildman–Crippen MR) is 181 cm³/mol. The Kier molecular flexibility index (Phi) is 12.5. The Morgan fingerprint density at radius 1 is 0.867 bits per heavy atom. The molecule has 3 aromatic rings. The first kappa shape index (κ1) is 33.7. The fourth-order valence-electron chi connectivity index (χ4n) is 6.54. The summed E-state index contributed by atoms with van der Waals surface area (Å²) in [6, 6.07) is 20.7. The summed E-state index contributed by atoms with van der Waals surface area (Å²) in [5, 5.41) is 5.24. The van der Waals surface area contributed by atoms with Crippen molar-refractivity contribution < 1.29 is 13.9 Å². The van der Waals surface area contributed by atoms with E-state index in [-0.39, 0.29) is 23.7 Å². The number of piperazine rings is 1. The van der Waals surface area contributed by atoms with E-state index in [4.69, 9.17) is 27.9 Å². The minimum absolute atomic E-state index is 0.171. The van der Waals surface area contributed by atoms with Crippen LogP contribution in [-0.2, 0) is 24.2 Å². The van der Waals surface area contributed by atoms with Crippen LogP contribution < -0.4 is 10.1 Å². The van der Waals surface area contributed by atoms with Gasteiger partial charge in [0.15, 0.2) is 0 Å². The van der Waals surface area contributed by atoms with Gasteiger partial charge in [-0.2, -0.15) is 0 Å². The maximum atomic E-state index is 14.7. The first-order valence-corrected chi connectivity index (χ1v) is 17.0. The number of benzene rings is 3. The summed E-state index contributed by atoms with van der Waals surface area (Å²) in [5.41, 5.74) is 2.85. The molecule has 1 atom stereocenters. The fourth-order valence-corrected chi connectivity index (χ4v) is 7.00. The van der Waals surface area contributed by atoms with Crippen molar-refractivity contribution in [1.29, 1.82) is 0 Å². The van der Waals surface area contributed by atoms with E-state index in [2.05, 4.69) is 21.2 Å². The number of ether oxygens (including phenoxy) is 1. The molecule has 0 bridgehead atoms. The van der Waals surface area contributed by atoms with E-state index < -0.39 is 0 Å². The molecular formula is C36H45Cl2FN4O2. The number of carbonyl (C=O) groups excluding carboxylic acids is 1. The van der Waals surface area contributed by atoms with Gasteiger partial charge in [-0.25, -0.2) is 4.39 Å². The summed E-state index contributed by atoms with van der Waals surface area (Å²) in [6.45, 7) is 9.06. The molecular weight excluding hydrogens is 610 g/mol. The Balaban J connectivity index is 1.18. The van der Waals surface area contributed by atoms with Crippen molar-refractivity contribution in [3.05, 3.63) is 99.3 Å². The number of rotatable bonds is 13. The summed E-state index contributed by atoms with van der Waals surface area (Å²) in [6.07, 6.45) is 3.61. The molecule has 5 rings (SSSR count). The van der Waals surface area contributed by atoms with Crippen molar-refractivity contribution >= 4 is 29.1 Å². The van der Waals surface area contributed by atoms with Crippen molar-refractivity contribution in [2.45, 2.75) is 45.2 Å². The van der Waals surface area contributed by atoms with Gasteiger partial charge >= 0.3 is 0 Å². The van der Waals surface area contributed by atoms with E-state index in [0.717, 1.165) is 60.9 Å². The molecule has 2 aliphatic rings. The van der Waals surface area contributed by atoms with Gasteiger partial charge < -0.3 is 19.9 Å². The molecule has 1 unspecified atom stereocenters.